The molecule has 1 heterocycles. The predicted molar refractivity (Wildman–Crippen MR) is 90.9 cm³/mol. The first kappa shape index (κ1) is 17.6. The van der Waals surface area contributed by atoms with Gasteiger partial charge in [0.1, 0.15) is 5.82 Å². The number of carbonyl (C=O) groups is 1. The van der Waals surface area contributed by atoms with E-state index >= 15 is 0 Å². The lowest BCUT2D eigenvalue weighted by molar-refractivity contribution is -0.122. The summed E-state index contributed by atoms with van der Waals surface area (Å²) in [6, 6.07) is 6.51. The van der Waals surface area contributed by atoms with Gasteiger partial charge in [-0.25, -0.2) is 9.37 Å². The lowest BCUT2D eigenvalue weighted by atomic mass is 10.2. The topological polar surface area (TPSA) is 45.2 Å². The van der Waals surface area contributed by atoms with E-state index in [0.717, 1.165) is 10.7 Å². The molecule has 124 valence electrons. The molecule has 0 radical (unpaired) electrons. The third-order valence-electron chi connectivity index (χ3n) is 3.82. The molecule has 6 heteroatoms. The fourth-order valence-electron chi connectivity index (χ4n) is 2.40. The summed E-state index contributed by atoms with van der Waals surface area (Å²) in [5.41, 5.74) is 1.50. The summed E-state index contributed by atoms with van der Waals surface area (Å²) in [7, 11) is 1.89. The van der Waals surface area contributed by atoms with Gasteiger partial charge in [0.2, 0.25) is 5.91 Å². The number of nitrogens with one attached hydrogen (secondary N) is 1. The number of benzene rings is 1. The molecule has 2 rings (SSSR count). The normalized spacial score (nSPS) is 12.4. The van der Waals surface area contributed by atoms with Gasteiger partial charge >= 0.3 is 0 Å². The first-order valence-electron chi connectivity index (χ1n) is 7.52. The van der Waals surface area contributed by atoms with Gasteiger partial charge in [0.05, 0.1) is 23.3 Å². The summed E-state index contributed by atoms with van der Waals surface area (Å²) in [5.74, 6) is -0.435. The number of hydrogen-bond donors (Lipinski definition) is 1. The van der Waals surface area contributed by atoms with E-state index in [4.69, 9.17) is 0 Å². The number of likely N-dealkylation sites (N-methyl/N-ethyl adjacent to an activating group) is 1. The quantitative estimate of drug-likeness (QED) is 0.882. The summed E-state index contributed by atoms with van der Waals surface area (Å²) in [6.45, 7) is 6.50. The maximum atomic E-state index is 13.5. The number of aromatic nitrogens is 1. The number of hydrogen-bond acceptors (Lipinski definition) is 4. The smallest absolute Gasteiger partial charge is 0.234 e. The first-order valence-corrected chi connectivity index (χ1v) is 8.34. The Balaban J connectivity index is 1.89. The lowest BCUT2D eigenvalue weighted by Gasteiger charge is -2.23. The van der Waals surface area contributed by atoms with Crippen LogP contribution >= 0.6 is 11.3 Å². The van der Waals surface area contributed by atoms with Crippen molar-refractivity contribution in [3.8, 4) is 0 Å². The Morgan fingerprint density at radius 1 is 1.39 bits per heavy atom. The van der Waals surface area contributed by atoms with Crippen molar-refractivity contribution in [3.05, 3.63) is 51.2 Å². The molecule has 2 aromatic rings. The van der Waals surface area contributed by atoms with E-state index in [0.29, 0.717) is 5.56 Å². The van der Waals surface area contributed by atoms with Crippen molar-refractivity contribution in [2.45, 2.75) is 33.4 Å². The highest BCUT2D eigenvalue weighted by Gasteiger charge is 2.19. The molecule has 1 N–H and O–H groups in total. The third kappa shape index (κ3) is 4.59. The largest absolute Gasteiger partial charge is 0.351 e. The zero-order chi connectivity index (χ0) is 17.0. The van der Waals surface area contributed by atoms with Gasteiger partial charge in [-0.15, -0.1) is 11.3 Å². The Morgan fingerprint density at radius 3 is 2.70 bits per heavy atom. The van der Waals surface area contributed by atoms with E-state index in [1.807, 2.05) is 32.7 Å². The van der Waals surface area contributed by atoms with Crippen LogP contribution in [0.25, 0.3) is 0 Å². The van der Waals surface area contributed by atoms with Gasteiger partial charge < -0.3 is 5.32 Å². The van der Waals surface area contributed by atoms with E-state index in [-0.39, 0.29) is 30.9 Å². The predicted octanol–water partition coefficient (Wildman–Crippen LogP) is 3.21. The Kier molecular flexibility index (Phi) is 5.85. The summed E-state index contributed by atoms with van der Waals surface area (Å²) in [4.78, 5) is 19.7. The maximum Gasteiger partial charge on any atom is 0.234 e. The maximum absolute atomic E-state index is 13.5. The zero-order valence-electron chi connectivity index (χ0n) is 13.9. The molecule has 1 amide bonds. The van der Waals surface area contributed by atoms with Crippen LogP contribution in [0, 0.1) is 19.7 Å². The number of carbonyl (C=O) groups excluding carboxylic acids is 1. The molecular weight excluding hydrogens is 313 g/mol. The van der Waals surface area contributed by atoms with Crippen molar-refractivity contribution in [2.75, 3.05) is 13.6 Å². The van der Waals surface area contributed by atoms with E-state index in [9.17, 15) is 9.18 Å². The molecule has 1 unspecified atom stereocenters. The van der Waals surface area contributed by atoms with Crippen LogP contribution in [0.4, 0.5) is 4.39 Å². The summed E-state index contributed by atoms with van der Waals surface area (Å²) in [6.07, 6.45) is 0. The molecular formula is C17H22FN3OS. The Morgan fingerprint density at radius 2 is 2.09 bits per heavy atom. The van der Waals surface area contributed by atoms with Crippen LogP contribution in [0.2, 0.25) is 0 Å². The first-order chi connectivity index (χ1) is 10.9. The van der Waals surface area contributed by atoms with E-state index < -0.39 is 0 Å². The van der Waals surface area contributed by atoms with Gasteiger partial charge in [-0.3, -0.25) is 9.69 Å². The number of thiazole rings is 1. The number of halogens is 1. The van der Waals surface area contributed by atoms with Crippen LogP contribution in [0.15, 0.2) is 24.3 Å². The van der Waals surface area contributed by atoms with Crippen LogP contribution in [0.5, 0.6) is 0 Å². The molecule has 4 nitrogen and oxygen atoms in total. The standard InChI is InChI=1S/C17H22FN3OS/c1-11(17-12(2)23-13(3)20-17)21(4)10-16(22)19-9-14-7-5-6-8-15(14)18/h5-8,11H,9-10H2,1-4H3,(H,19,22). The molecule has 0 fully saturated rings. The van der Waals surface area contributed by atoms with Crippen LogP contribution in [0.1, 0.15) is 34.1 Å². The molecule has 1 aromatic heterocycles. The SMILES string of the molecule is Cc1nc(C(C)N(C)CC(=O)NCc2ccccc2F)c(C)s1. The van der Waals surface area contributed by atoms with Crippen LogP contribution in [-0.2, 0) is 11.3 Å². The monoisotopic (exact) mass is 335 g/mol. The third-order valence-corrected chi connectivity index (χ3v) is 4.73. The summed E-state index contributed by atoms with van der Waals surface area (Å²) < 4.78 is 13.5. The highest BCUT2D eigenvalue weighted by atomic mass is 32.1. The average molecular weight is 335 g/mol. The second-order valence-corrected chi connectivity index (χ2v) is 7.04. The van der Waals surface area contributed by atoms with Gasteiger partial charge in [-0.05, 0) is 33.9 Å². The molecule has 0 spiro atoms. The number of amides is 1. The molecule has 0 saturated carbocycles. The van der Waals surface area contributed by atoms with Crippen molar-refractivity contribution < 1.29 is 9.18 Å². The van der Waals surface area contributed by atoms with Crippen molar-refractivity contribution in [1.29, 1.82) is 0 Å². The molecule has 0 saturated heterocycles. The summed E-state index contributed by atoms with van der Waals surface area (Å²) >= 11 is 1.66. The minimum atomic E-state index is -0.303. The molecule has 23 heavy (non-hydrogen) atoms. The second kappa shape index (κ2) is 7.66. The summed E-state index contributed by atoms with van der Waals surface area (Å²) in [5, 5.41) is 3.79. The highest BCUT2D eigenvalue weighted by Crippen LogP contribution is 2.25. The van der Waals surface area contributed by atoms with E-state index in [2.05, 4.69) is 10.3 Å². The van der Waals surface area contributed by atoms with Crippen LogP contribution < -0.4 is 5.32 Å². The van der Waals surface area contributed by atoms with Gasteiger partial charge in [0.15, 0.2) is 0 Å². The number of aryl methyl sites for hydroxylation is 2. The minimum absolute atomic E-state index is 0.0548. The Bertz CT molecular complexity index is 686. The Hall–Kier alpha value is -1.79. The highest BCUT2D eigenvalue weighted by molar-refractivity contribution is 7.11. The van der Waals surface area contributed by atoms with Gasteiger partial charge in [-0.2, -0.15) is 0 Å². The van der Waals surface area contributed by atoms with E-state index in [1.165, 1.54) is 10.9 Å². The number of nitrogens with zero attached hydrogens (tertiary/aromatic N) is 2. The van der Waals surface area contributed by atoms with Crippen LogP contribution in [-0.4, -0.2) is 29.4 Å². The zero-order valence-corrected chi connectivity index (χ0v) is 14.7. The van der Waals surface area contributed by atoms with Crippen LogP contribution in [0.3, 0.4) is 0 Å². The van der Waals surface area contributed by atoms with Crippen molar-refractivity contribution in [3.63, 3.8) is 0 Å². The fraction of sp³-hybridized carbons (Fsp3) is 0.412. The fourth-order valence-corrected chi connectivity index (χ4v) is 3.30. The van der Waals surface area contributed by atoms with Gasteiger partial charge in [0.25, 0.3) is 0 Å². The molecule has 1 aromatic carbocycles. The molecule has 0 bridgehead atoms. The van der Waals surface area contributed by atoms with Crippen molar-refractivity contribution in [2.24, 2.45) is 0 Å². The molecule has 0 aliphatic rings. The molecule has 0 aliphatic heterocycles. The average Bonchev–Trinajstić information content (AvgIpc) is 2.84. The lowest BCUT2D eigenvalue weighted by Crippen LogP contribution is -2.36. The van der Waals surface area contributed by atoms with Crippen molar-refractivity contribution >= 4 is 17.2 Å². The molecule has 1 atom stereocenters. The van der Waals surface area contributed by atoms with Crippen molar-refractivity contribution in [1.82, 2.24) is 15.2 Å². The Labute approximate surface area is 140 Å². The minimum Gasteiger partial charge on any atom is -0.351 e. The second-order valence-electron chi connectivity index (χ2n) is 5.63. The van der Waals surface area contributed by atoms with E-state index in [1.54, 1.807) is 29.5 Å². The van der Waals surface area contributed by atoms with Gasteiger partial charge in [-0.1, -0.05) is 18.2 Å². The van der Waals surface area contributed by atoms with Gasteiger partial charge in [0, 0.05) is 17.0 Å². The molecule has 0 aliphatic carbocycles. The number of rotatable bonds is 6.